The molecule has 0 spiro atoms. The molecule has 1 unspecified atom stereocenters. The van der Waals surface area contributed by atoms with E-state index in [1.807, 2.05) is 0 Å². The van der Waals surface area contributed by atoms with E-state index in [0.717, 1.165) is 32.6 Å². The molecule has 1 aliphatic rings. The third-order valence-corrected chi connectivity index (χ3v) is 3.89. The summed E-state index contributed by atoms with van der Waals surface area (Å²) in [5.41, 5.74) is 2.36. The van der Waals surface area contributed by atoms with E-state index in [2.05, 4.69) is 6.92 Å². The van der Waals surface area contributed by atoms with Gasteiger partial charge in [-0.1, -0.05) is 6.92 Å². The molecule has 0 aromatic heterocycles. The summed E-state index contributed by atoms with van der Waals surface area (Å²) in [6.07, 6.45) is -1.35. The third-order valence-electron chi connectivity index (χ3n) is 3.89. The van der Waals surface area contributed by atoms with E-state index in [4.69, 9.17) is 5.73 Å². The number of hydrogen-bond acceptors (Lipinski definition) is 2. The van der Waals surface area contributed by atoms with Gasteiger partial charge < -0.3 is 10.6 Å². The molecule has 18 heavy (non-hydrogen) atoms. The molecule has 3 nitrogen and oxygen atoms in total. The first-order valence-corrected chi connectivity index (χ1v) is 6.20. The summed E-state index contributed by atoms with van der Waals surface area (Å²) in [5.74, 6) is -0.466. The van der Waals surface area contributed by atoms with Gasteiger partial charge in [-0.15, -0.1) is 0 Å². The molecule has 0 heterocycles. The van der Waals surface area contributed by atoms with Crippen molar-refractivity contribution in [1.82, 2.24) is 4.90 Å². The summed E-state index contributed by atoms with van der Waals surface area (Å²) < 4.78 is 38.1. The first kappa shape index (κ1) is 15.3. The summed E-state index contributed by atoms with van der Waals surface area (Å²) in [4.78, 5) is 13.1. The zero-order valence-corrected chi connectivity index (χ0v) is 11.0. The van der Waals surface area contributed by atoms with Crippen LogP contribution < -0.4 is 5.73 Å². The second kappa shape index (κ2) is 5.07. The Morgan fingerprint density at radius 2 is 1.67 bits per heavy atom. The van der Waals surface area contributed by atoms with Crippen LogP contribution in [-0.4, -0.2) is 35.6 Å². The van der Waals surface area contributed by atoms with Crippen molar-refractivity contribution in [3.8, 4) is 0 Å². The van der Waals surface area contributed by atoms with Crippen LogP contribution in [0.1, 0.15) is 39.5 Å². The third kappa shape index (κ3) is 2.96. The molecule has 1 amide bonds. The van der Waals surface area contributed by atoms with Crippen molar-refractivity contribution in [3.05, 3.63) is 0 Å². The lowest BCUT2D eigenvalue weighted by Gasteiger charge is -2.38. The number of alkyl halides is 3. The molecule has 0 saturated heterocycles. The van der Waals surface area contributed by atoms with Gasteiger partial charge in [0.15, 0.2) is 5.54 Å². The van der Waals surface area contributed by atoms with Crippen LogP contribution in [0.4, 0.5) is 13.2 Å². The Morgan fingerprint density at radius 3 is 2.06 bits per heavy atom. The zero-order valence-electron chi connectivity index (χ0n) is 11.0. The Labute approximate surface area is 106 Å². The predicted molar refractivity (Wildman–Crippen MR) is 62.8 cm³/mol. The van der Waals surface area contributed by atoms with Crippen LogP contribution in [0.25, 0.3) is 0 Å². The van der Waals surface area contributed by atoms with Crippen molar-refractivity contribution in [1.29, 1.82) is 0 Å². The molecular formula is C12H21F3N2O. The molecular weight excluding hydrogens is 245 g/mol. The lowest BCUT2D eigenvalue weighted by molar-refractivity contribution is -0.194. The topological polar surface area (TPSA) is 46.3 Å². The average molecular weight is 266 g/mol. The predicted octanol–water partition coefficient (Wildman–Crippen LogP) is 2.30. The van der Waals surface area contributed by atoms with Gasteiger partial charge in [0.1, 0.15) is 0 Å². The van der Waals surface area contributed by atoms with Gasteiger partial charge in [0.25, 0.3) is 5.91 Å². The number of amides is 1. The molecule has 1 rings (SSSR count). The molecule has 0 radical (unpaired) electrons. The van der Waals surface area contributed by atoms with E-state index in [-0.39, 0.29) is 6.04 Å². The molecule has 6 heteroatoms. The van der Waals surface area contributed by atoms with Gasteiger partial charge in [-0.25, -0.2) is 0 Å². The molecule has 0 bridgehead atoms. The van der Waals surface area contributed by atoms with Gasteiger partial charge in [0.05, 0.1) is 0 Å². The Morgan fingerprint density at radius 1 is 1.22 bits per heavy atom. The molecule has 1 aliphatic carbocycles. The van der Waals surface area contributed by atoms with Gasteiger partial charge in [0.2, 0.25) is 0 Å². The van der Waals surface area contributed by atoms with E-state index in [0.29, 0.717) is 5.92 Å². The van der Waals surface area contributed by atoms with Crippen molar-refractivity contribution >= 4 is 5.91 Å². The smallest absolute Gasteiger partial charge is 0.341 e. The molecule has 0 aliphatic heterocycles. The van der Waals surface area contributed by atoms with Crippen LogP contribution in [0.15, 0.2) is 0 Å². The highest BCUT2D eigenvalue weighted by Crippen LogP contribution is 2.32. The highest BCUT2D eigenvalue weighted by atomic mass is 19.4. The minimum atomic E-state index is -4.72. The summed E-state index contributed by atoms with van der Waals surface area (Å²) in [6, 6.07) is -0.126. The lowest BCUT2D eigenvalue weighted by Crippen LogP contribution is -2.63. The minimum Gasteiger partial charge on any atom is -0.341 e. The number of likely N-dealkylation sites (N-methyl/N-ethyl adjacent to an activating group) is 1. The molecule has 106 valence electrons. The van der Waals surface area contributed by atoms with Crippen LogP contribution in [0.3, 0.4) is 0 Å². The molecule has 2 N–H and O–H groups in total. The summed E-state index contributed by atoms with van der Waals surface area (Å²) in [7, 11) is 1.42. The van der Waals surface area contributed by atoms with E-state index in [9.17, 15) is 18.0 Å². The summed E-state index contributed by atoms with van der Waals surface area (Å²) in [6.45, 7) is 2.85. The number of rotatable bonds is 2. The van der Waals surface area contributed by atoms with Crippen molar-refractivity contribution in [2.45, 2.75) is 57.3 Å². The minimum absolute atomic E-state index is 0.126. The van der Waals surface area contributed by atoms with Gasteiger partial charge in [-0.05, 0) is 38.5 Å². The second-order valence-electron chi connectivity index (χ2n) is 5.53. The number of halogens is 3. The molecule has 1 fully saturated rings. The fraction of sp³-hybridized carbons (Fsp3) is 0.917. The molecule has 0 aromatic rings. The fourth-order valence-electron chi connectivity index (χ4n) is 2.28. The van der Waals surface area contributed by atoms with E-state index < -0.39 is 17.6 Å². The van der Waals surface area contributed by atoms with Gasteiger partial charge in [0, 0.05) is 13.1 Å². The van der Waals surface area contributed by atoms with E-state index >= 15 is 0 Å². The largest absolute Gasteiger partial charge is 0.415 e. The van der Waals surface area contributed by atoms with Gasteiger partial charge in [-0.2, -0.15) is 13.2 Å². The normalized spacial score (nSPS) is 28.6. The highest BCUT2D eigenvalue weighted by Gasteiger charge is 2.55. The van der Waals surface area contributed by atoms with Crippen LogP contribution in [0, 0.1) is 5.92 Å². The molecule has 1 atom stereocenters. The summed E-state index contributed by atoms with van der Waals surface area (Å²) >= 11 is 0. The van der Waals surface area contributed by atoms with Crippen molar-refractivity contribution in [2.24, 2.45) is 11.7 Å². The standard InChI is InChI=1S/C12H21F3N2O/c1-8-4-6-9(7-5-8)17(3)10(18)11(2,16)12(13,14)15/h8-9H,4-7,16H2,1-3H3. The highest BCUT2D eigenvalue weighted by molar-refractivity contribution is 5.86. The van der Waals surface area contributed by atoms with Crippen LogP contribution in [0.2, 0.25) is 0 Å². The maximum absolute atomic E-state index is 12.7. The maximum Gasteiger partial charge on any atom is 0.415 e. The van der Waals surface area contributed by atoms with Crippen molar-refractivity contribution in [2.75, 3.05) is 7.05 Å². The van der Waals surface area contributed by atoms with Gasteiger partial charge in [-0.3, -0.25) is 4.79 Å². The Bertz CT molecular complexity index is 307. The van der Waals surface area contributed by atoms with Crippen molar-refractivity contribution < 1.29 is 18.0 Å². The molecule has 0 aromatic carbocycles. The monoisotopic (exact) mass is 266 g/mol. The first-order valence-electron chi connectivity index (χ1n) is 6.20. The lowest BCUT2D eigenvalue weighted by atomic mass is 9.86. The van der Waals surface area contributed by atoms with Crippen molar-refractivity contribution in [3.63, 3.8) is 0 Å². The summed E-state index contributed by atoms with van der Waals surface area (Å²) in [5, 5.41) is 0. The maximum atomic E-state index is 12.7. The van der Waals surface area contributed by atoms with Crippen LogP contribution in [0.5, 0.6) is 0 Å². The van der Waals surface area contributed by atoms with E-state index in [1.54, 1.807) is 0 Å². The second-order valence-corrected chi connectivity index (χ2v) is 5.53. The quantitative estimate of drug-likeness (QED) is 0.833. The van der Waals surface area contributed by atoms with Crippen LogP contribution >= 0.6 is 0 Å². The number of nitrogens with zero attached hydrogens (tertiary/aromatic N) is 1. The number of nitrogens with two attached hydrogens (primary N) is 1. The van der Waals surface area contributed by atoms with Gasteiger partial charge >= 0.3 is 6.18 Å². The van der Waals surface area contributed by atoms with E-state index in [1.165, 1.54) is 11.9 Å². The molecule has 1 saturated carbocycles. The Kier molecular flexibility index (Phi) is 4.30. The Balaban J connectivity index is 2.72. The average Bonchev–Trinajstić information content (AvgIpc) is 2.26. The number of hydrogen-bond donors (Lipinski definition) is 1. The fourth-order valence-corrected chi connectivity index (χ4v) is 2.28. The number of carbonyl (C=O) groups excluding carboxylic acids is 1. The first-order chi connectivity index (χ1) is 8.07. The number of carbonyl (C=O) groups is 1. The van der Waals surface area contributed by atoms with Crippen LogP contribution in [-0.2, 0) is 4.79 Å². The SMILES string of the molecule is CC1CCC(N(C)C(=O)C(C)(N)C(F)(F)F)CC1. The Hall–Kier alpha value is -0.780. The zero-order chi connectivity index (χ0) is 14.1.